The molecule has 6 heteroatoms. The van der Waals surface area contributed by atoms with Crippen LogP contribution in [0.5, 0.6) is 0 Å². The molecular weight excluding hydrogens is 312 g/mol. The summed E-state index contributed by atoms with van der Waals surface area (Å²) in [6.45, 7) is 2.32. The first-order chi connectivity index (χ1) is 11.1. The molecule has 122 valence electrons. The summed E-state index contributed by atoms with van der Waals surface area (Å²) in [6, 6.07) is 10.0. The Kier molecular flexibility index (Phi) is 6.29. The maximum absolute atomic E-state index is 12.2. The van der Waals surface area contributed by atoms with E-state index in [9.17, 15) is 9.59 Å². The molecule has 0 bridgehead atoms. The number of amides is 1. The molecule has 0 aliphatic carbocycles. The highest BCUT2D eigenvalue weighted by Crippen LogP contribution is 2.20. The number of unbranched alkanes of at least 4 members (excludes halogenated alkanes) is 1. The third-order valence-corrected chi connectivity index (χ3v) is 4.50. The second kappa shape index (κ2) is 8.43. The van der Waals surface area contributed by atoms with Gasteiger partial charge in [0, 0.05) is 19.4 Å². The van der Waals surface area contributed by atoms with Gasteiger partial charge in [0.1, 0.15) is 4.88 Å². The number of aryl methyl sites for hydroxylation is 1. The lowest BCUT2D eigenvalue weighted by atomic mass is 10.2. The highest BCUT2D eigenvalue weighted by atomic mass is 32.1. The van der Waals surface area contributed by atoms with Crippen LogP contribution in [0.3, 0.4) is 0 Å². The van der Waals surface area contributed by atoms with Crippen LogP contribution < -0.4 is 5.32 Å². The minimum atomic E-state index is -0.805. The third-order valence-electron chi connectivity index (χ3n) is 3.35. The van der Waals surface area contributed by atoms with Crippen molar-refractivity contribution >= 4 is 23.2 Å². The molecule has 0 fully saturated rings. The predicted octanol–water partition coefficient (Wildman–Crippen LogP) is 3.03. The molecule has 0 atom stereocenters. The average molecular weight is 332 g/mol. The van der Waals surface area contributed by atoms with E-state index in [4.69, 9.17) is 5.11 Å². The molecule has 2 rings (SSSR count). The zero-order valence-corrected chi connectivity index (χ0v) is 13.9. The number of hydrogen-bond acceptors (Lipinski definition) is 4. The van der Waals surface area contributed by atoms with Gasteiger partial charge in [-0.1, -0.05) is 30.3 Å². The van der Waals surface area contributed by atoms with E-state index in [1.165, 1.54) is 16.9 Å². The molecule has 1 amide bonds. The van der Waals surface area contributed by atoms with Gasteiger partial charge in [0.05, 0.1) is 10.7 Å². The minimum Gasteiger partial charge on any atom is -0.481 e. The summed E-state index contributed by atoms with van der Waals surface area (Å²) in [5.41, 5.74) is 1.91. The molecule has 1 aromatic heterocycles. The van der Waals surface area contributed by atoms with Gasteiger partial charge in [-0.15, -0.1) is 11.3 Å². The number of carboxylic acid groups (broad SMARTS) is 1. The molecular formula is C17H20N2O3S. The number of rotatable bonds is 8. The van der Waals surface area contributed by atoms with Gasteiger partial charge in [-0.05, 0) is 25.3 Å². The maximum Gasteiger partial charge on any atom is 0.303 e. The minimum absolute atomic E-state index is 0.130. The van der Waals surface area contributed by atoms with Crippen LogP contribution in [0.4, 0.5) is 0 Å². The van der Waals surface area contributed by atoms with Gasteiger partial charge in [-0.2, -0.15) is 0 Å². The number of carbonyl (C=O) groups excluding carboxylic acids is 1. The van der Waals surface area contributed by atoms with Crippen molar-refractivity contribution in [2.75, 3.05) is 6.54 Å². The van der Waals surface area contributed by atoms with Crippen molar-refractivity contribution in [1.82, 2.24) is 10.3 Å². The fourth-order valence-electron chi connectivity index (χ4n) is 2.19. The second-order valence-corrected chi connectivity index (χ2v) is 6.37. The molecule has 0 saturated heterocycles. The predicted molar refractivity (Wildman–Crippen MR) is 89.9 cm³/mol. The molecule has 0 aliphatic rings. The van der Waals surface area contributed by atoms with Crippen molar-refractivity contribution in [3.8, 4) is 0 Å². The number of hydrogen-bond donors (Lipinski definition) is 2. The number of thiazole rings is 1. The largest absolute Gasteiger partial charge is 0.481 e. The first kappa shape index (κ1) is 17.1. The molecule has 23 heavy (non-hydrogen) atoms. The van der Waals surface area contributed by atoms with Gasteiger partial charge >= 0.3 is 5.97 Å². The van der Waals surface area contributed by atoms with E-state index in [1.807, 2.05) is 37.3 Å². The first-order valence-electron chi connectivity index (χ1n) is 7.56. The van der Waals surface area contributed by atoms with Crippen LogP contribution in [0.2, 0.25) is 0 Å². The summed E-state index contributed by atoms with van der Waals surface area (Å²) in [5, 5.41) is 12.3. The topological polar surface area (TPSA) is 79.3 Å². The zero-order valence-electron chi connectivity index (χ0n) is 13.0. The van der Waals surface area contributed by atoms with Crippen molar-refractivity contribution in [1.29, 1.82) is 0 Å². The van der Waals surface area contributed by atoms with Crippen molar-refractivity contribution in [3.63, 3.8) is 0 Å². The Morgan fingerprint density at radius 1 is 1.22 bits per heavy atom. The lowest BCUT2D eigenvalue weighted by molar-refractivity contribution is -0.137. The summed E-state index contributed by atoms with van der Waals surface area (Å²) in [5.74, 6) is -0.935. The van der Waals surface area contributed by atoms with E-state index in [-0.39, 0.29) is 12.3 Å². The monoisotopic (exact) mass is 332 g/mol. The maximum atomic E-state index is 12.2. The van der Waals surface area contributed by atoms with Crippen LogP contribution in [0.1, 0.15) is 45.2 Å². The lowest BCUT2D eigenvalue weighted by Crippen LogP contribution is -2.24. The summed E-state index contributed by atoms with van der Waals surface area (Å²) in [7, 11) is 0. The first-order valence-corrected chi connectivity index (χ1v) is 8.38. The van der Waals surface area contributed by atoms with E-state index in [0.29, 0.717) is 24.3 Å². The quantitative estimate of drug-likeness (QED) is 0.728. The van der Waals surface area contributed by atoms with E-state index in [2.05, 4.69) is 10.3 Å². The Balaban J connectivity index is 1.87. The van der Waals surface area contributed by atoms with E-state index < -0.39 is 5.97 Å². The Labute approximate surface area is 139 Å². The van der Waals surface area contributed by atoms with Gasteiger partial charge in [-0.3, -0.25) is 9.59 Å². The molecule has 5 nitrogen and oxygen atoms in total. The molecule has 2 N–H and O–H groups in total. The second-order valence-electron chi connectivity index (χ2n) is 5.29. The average Bonchev–Trinajstić information content (AvgIpc) is 2.88. The van der Waals surface area contributed by atoms with Crippen LogP contribution in [0, 0.1) is 6.92 Å². The number of carboxylic acids is 1. The SMILES string of the molecule is Cc1nc(Cc2ccccc2)sc1C(=O)NCCCCC(=O)O. The Bertz CT molecular complexity index is 668. The van der Waals surface area contributed by atoms with Crippen LogP contribution >= 0.6 is 11.3 Å². The Morgan fingerprint density at radius 3 is 2.65 bits per heavy atom. The van der Waals surface area contributed by atoms with Crippen LogP contribution in [-0.2, 0) is 11.2 Å². The van der Waals surface area contributed by atoms with Crippen LogP contribution in [-0.4, -0.2) is 28.5 Å². The van der Waals surface area contributed by atoms with Crippen molar-refractivity contribution in [2.24, 2.45) is 0 Å². The van der Waals surface area contributed by atoms with Gasteiger partial charge in [-0.25, -0.2) is 4.98 Å². The number of aliphatic carboxylic acids is 1. The molecule has 1 heterocycles. The highest BCUT2D eigenvalue weighted by molar-refractivity contribution is 7.13. The summed E-state index contributed by atoms with van der Waals surface area (Å²) >= 11 is 1.41. The lowest BCUT2D eigenvalue weighted by Gasteiger charge is -2.03. The van der Waals surface area contributed by atoms with Crippen LogP contribution in [0.25, 0.3) is 0 Å². The van der Waals surface area contributed by atoms with Gasteiger partial charge < -0.3 is 10.4 Å². The van der Waals surface area contributed by atoms with E-state index >= 15 is 0 Å². The Hall–Kier alpha value is -2.21. The summed E-state index contributed by atoms with van der Waals surface area (Å²) < 4.78 is 0. The zero-order chi connectivity index (χ0) is 16.7. The molecule has 0 unspecified atom stereocenters. The number of benzene rings is 1. The molecule has 0 spiro atoms. The molecule has 0 radical (unpaired) electrons. The molecule has 1 aromatic carbocycles. The number of carbonyl (C=O) groups is 2. The highest BCUT2D eigenvalue weighted by Gasteiger charge is 2.15. The normalized spacial score (nSPS) is 10.5. The summed E-state index contributed by atoms with van der Waals surface area (Å²) in [4.78, 5) is 27.7. The summed E-state index contributed by atoms with van der Waals surface area (Å²) in [6.07, 6.45) is 2.08. The van der Waals surface area contributed by atoms with Crippen molar-refractivity contribution in [2.45, 2.75) is 32.6 Å². The van der Waals surface area contributed by atoms with Crippen molar-refractivity contribution < 1.29 is 14.7 Å². The molecule has 0 aliphatic heterocycles. The Morgan fingerprint density at radius 2 is 1.96 bits per heavy atom. The number of aromatic nitrogens is 1. The van der Waals surface area contributed by atoms with Crippen LogP contribution in [0.15, 0.2) is 30.3 Å². The number of nitrogens with one attached hydrogen (secondary N) is 1. The van der Waals surface area contributed by atoms with Gasteiger partial charge in [0.25, 0.3) is 5.91 Å². The van der Waals surface area contributed by atoms with E-state index in [1.54, 1.807) is 0 Å². The standard InChI is InChI=1S/C17H20N2O3S/c1-12-16(17(22)18-10-6-5-9-15(20)21)23-14(19-12)11-13-7-3-2-4-8-13/h2-4,7-8H,5-6,9-11H2,1H3,(H,18,22)(H,20,21). The third kappa shape index (κ3) is 5.49. The molecule has 2 aromatic rings. The fraction of sp³-hybridized carbons (Fsp3) is 0.353. The molecule has 0 saturated carbocycles. The van der Waals surface area contributed by atoms with E-state index in [0.717, 1.165) is 17.1 Å². The van der Waals surface area contributed by atoms with Crippen molar-refractivity contribution in [3.05, 3.63) is 51.5 Å². The fourth-order valence-corrected chi connectivity index (χ4v) is 3.21. The smallest absolute Gasteiger partial charge is 0.303 e. The van der Waals surface area contributed by atoms with Gasteiger partial charge in [0.15, 0.2) is 0 Å². The number of nitrogens with zero attached hydrogens (tertiary/aromatic N) is 1. The van der Waals surface area contributed by atoms with Gasteiger partial charge in [0.2, 0.25) is 0 Å².